The van der Waals surface area contributed by atoms with Crippen molar-refractivity contribution >= 4 is 0 Å². The second kappa shape index (κ2) is 3.41. The van der Waals surface area contributed by atoms with Crippen molar-refractivity contribution in [3.8, 4) is 11.8 Å². The normalized spacial score (nSPS) is 24.6. The number of rotatable bonds is 0. The van der Waals surface area contributed by atoms with Crippen molar-refractivity contribution in [1.82, 2.24) is 0 Å². The Bertz CT molecular complexity index is 193. The average molecular weight is 138 g/mol. The summed E-state index contributed by atoms with van der Waals surface area (Å²) in [5, 5.41) is 0. The lowest BCUT2D eigenvalue weighted by molar-refractivity contribution is 0.309. The molecule has 0 bridgehead atoms. The largest absolute Gasteiger partial charge is 0.247 e. The predicted octanol–water partition coefficient (Wildman–Crippen LogP) is 2.46. The molecule has 1 aliphatic carbocycles. The van der Waals surface area contributed by atoms with Gasteiger partial charge >= 0.3 is 0 Å². The van der Waals surface area contributed by atoms with Crippen LogP contribution in [-0.2, 0) is 0 Å². The molecule has 0 radical (unpaired) electrons. The van der Waals surface area contributed by atoms with Gasteiger partial charge in [0, 0.05) is 0 Å². The van der Waals surface area contributed by atoms with Crippen molar-refractivity contribution < 1.29 is 4.39 Å². The Morgan fingerprint density at radius 3 is 3.00 bits per heavy atom. The van der Waals surface area contributed by atoms with Gasteiger partial charge in [-0.15, -0.1) is 5.92 Å². The second-order valence-electron chi connectivity index (χ2n) is 2.48. The Hall–Kier alpha value is -0.770. The summed E-state index contributed by atoms with van der Waals surface area (Å²) in [4.78, 5) is 0. The third-order valence-electron chi connectivity index (χ3n) is 1.63. The van der Waals surface area contributed by atoms with E-state index in [-0.39, 0.29) is 0 Å². The monoisotopic (exact) mass is 138 g/mol. The van der Waals surface area contributed by atoms with Gasteiger partial charge in [0.2, 0.25) is 0 Å². The summed E-state index contributed by atoms with van der Waals surface area (Å²) in [6.07, 6.45) is 3.32. The summed E-state index contributed by atoms with van der Waals surface area (Å²) >= 11 is 0. The molecule has 54 valence electrons. The quantitative estimate of drug-likeness (QED) is 0.451. The van der Waals surface area contributed by atoms with Crippen molar-refractivity contribution in [2.45, 2.75) is 32.4 Å². The highest BCUT2D eigenvalue weighted by molar-refractivity contribution is 5.29. The fourth-order valence-corrected chi connectivity index (χ4v) is 1.08. The first kappa shape index (κ1) is 7.34. The van der Waals surface area contributed by atoms with Gasteiger partial charge in [-0.05, 0) is 31.8 Å². The van der Waals surface area contributed by atoms with Gasteiger partial charge in [0.05, 0.1) is 0 Å². The molecule has 1 atom stereocenters. The molecule has 1 heteroatoms. The summed E-state index contributed by atoms with van der Waals surface area (Å²) in [5.41, 5.74) is 1.11. The highest BCUT2D eigenvalue weighted by Gasteiger charge is 2.10. The third kappa shape index (κ3) is 1.88. The molecule has 1 unspecified atom stereocenters. The van der Waals surface area contributed by atoms with Gasteiger partial charge in [0.25, 0.3) is 0 Å². The molecule has 0 amide bonds. The molecule has 0 aliphatic heterocycles. The zero-order valence-corrected chi connectivity index (χ0v) is 6.15. The molecule has 0 N–H and O–H groups in total. The van der Waals surface area contributed by atoms with Crippen LogP contribution in [0.5, 0.6) is 0 Å². The maximum atomic E-state index is 12.5. The van der Waals surface area contributed by atoms with Gasteiger partial charge in [-0.1, -0.05) is 12.0 Å². The van der Waals surface area contributed by atoms with Crippen molar-refractivity contribution in [2.75, 3.05) is 0 Å². The summed E-state index contributed by atoms with van der Waals surface area (Å²) < 4.78 is 12.5. The highest BCUT2D eigenvalue weighted by atomic mass is 19.1. The molecule has 0 aromatic rings. The lowest BCUT2D eigenvalue weighted by Crippen LogP contribution is -2.04. The minimum absolute atomic E-state index is 0.560. The topological polar surface area (TPSA) is 0 Å². The molecule has 10 heavy (non-hydrogen) atoms. The van der Waals surface area contributed by atoms with Crippen LogP contribution in [0.3, 0.4) is 0 Å². The van der Waals surface area contributed by atoms with Crippen LogP contribution in [0.4, 0.5) is 4.39 Å². The summed E-state index contributed by atoms with van der Waals surface area (Å²) in [5.74, 6) is 5.76. The van der Waals surface area contributed by atoms with Crippen molar-refractivity contribution in [3.63, 3.8) is 0 Å². The number of halogens is 1. The number of allylic oxidation sites excluding steroid dienone is 2. The Morgan fingerprint density at radius 1 is 1.70 bits per heavy atom. The van der Waals surface area contributed by atoms with E-state index in [1.807, 2.05) is 13.0 Å². The smallest absolute Gasteiger partial charge is 0.104 e. The minimum atomic E-state index is -0.623. The van der Waals surface area contributed by atoms with Crippen molar-refractivity contribution in [1.29, 1.82) is 0 Å². The summed E-state index contributed by atoms with van der Waals surface area (Å²) in [6.45, 7) is 1.81. The molecule has 0 saturated heterocycles. The minimum Gasteiger partial charge on any atom is -0.247 e. The lowest BCUT2D eigenvalue weighted by atomic mass is 9.99. The molecule has 1 rings (SSSR count). The number of alkyl halides is 1. The van der Waals surface area contributed by atoms with E-state index in [0.29, 0.717) is 12.8 Å². The van der Waals surface area contributed by atoms with E-state index in [9.17, 15) is 4.39 Å². The SMILES string of the molecule is CC#CC1=CCC(F)CC1. The maximum Gasteiger partial charge on any atom is 0.104 e. The summed E-state index contributed by atoms with van der Waals surface area (Å²) in [7, 11) is 0. The molecule has 0 nitrogen and oxygen atoms in total. The zero-order chi connectivity index (χ0) is 7.40. The first-order valence-corrected chi connectivity index (χ1v) is 3.59. The summed E-state index contributed by atoms with van der Waals surface area (Å²) in [6, 6.07) is 0. The van der Waals surface area contributed by atoms with Crippen molar-refractivity contribution in [3.05, 3.63) is 11.6 Å². The van der Waals surface area contributed by atoms with Gasteiger partial charge in [-0.3, -0.25) is 0 Å². The molecule has 0 aromatic heterocycles. The van der Waals surface area contributed by atoms with Gasteiger partial charge < -0.3 is 0 Å². The molecule has 1 aliphatic rings. The lowest BCUT2D eigenvalue weighted by Gasteiger charge is -2.10. The van der Waals surface area contributed by atoms with Crippen LogP contribution in [0.15, 0.2) is 11.6 Å². The van der Waals surface area contributed by atoms with E-state index in [1.165, 1.54) is 0 Å². The van der Waals surface area contributed by atoms with E-state index in [2.05, 4.69) is 11.8 Å². The Morgan fingerprint density at radius 2 is 2.50 bits per heavy atom. The van der Waals surface area contributed by atoms with Crippen LogP contribution in [0.25, 0.3) is 0 Å². The van der Waals surface area contributed by atoms with Crippen LogP contribution in [-0.4, -0.2) is 6.17 Å². The van der Waals surface area contributed by atoms with Gasteiger partial charge in [-0.2, -0.15) is 0 Å². The number of hydrogen-bond acceptors (Lipinski definition) is 0. The van der Waals surface area contributed by atoms with Crippen LogP contribution in [0.2, 0.25) is 0 Å². The fraction of sp³-hybridized carbons (Fsp3) is 0.556. The first-order chi connectivity index (χ1) is 4.83. The highest BCUT2D eigenvalue weighted by Crippen LogP contribution is 2.19. The average Bonchev–Trinajstić information content (AvgIpc) is 1.95. The standard InChI is InChI=1S/C9H11F/c1-2-3-8-4-6-9(10)7-5-8/h4,9H,5-7H2,1H3. The molecule has 0 fully saturated rings. The van der Waals surface area contributed by atoms with Gasteiger partial charge in [-0.25, -0.2) is 4.39 Å². The zero-order valence-electron chi connectivity index (χ0n) is 6.15. The predicted molar refractivity (Wildman–Crippen MR) is 40.3 cm³/mol. The van der Waals surface area contributed by atoms with Gasteiger partial charge in [0.1, 0.15) is 6.17 Å². The molecule has 0 spiro atoms. The molecular formula is C9H11F. The van der Waals surface area contributed by atoms with E-state index in [1.54, 1.807) is 0 Å². The maximum absolute atomic E-state index is 12.5. The molecule has 0 heterocycles. The second-order valence-corrected chi connectivity index (χ2v) is 2.48. The van der Waals surface area contributed by atoms with E-state index in [0.717, 1.165) is 12.0 Å². The first-order valence-electron chi connectivity index (χ1n) is 3.59. The molecule has 0 aromatic carbocycles. The van der Waals surface area contributed by atoms with Crippen LogP contribution >= 0.6 is 0 Å². The van der Waals surface area contributed by atoms with E-state index >= 15 is 0 Å². The van der Waals surface area contributed by atoms with E-state index in [4.69, 9.17) is 0 Å². The van der Waals surface area contributed by atoms with Crippen LogP contribution in [0, 0.1) is 11.8 Å². The Labute approximate surface area is 61.1 Å². The van der Waals surface area contributed by atoms with E-state index < -0.39 is 6.17 Å². The Balaban J connectivity index is 2.53. The third-order valence-corrected chi connectivity index (χ3v) is 1.63. The molecule has 0 saturated carbocycles. The van der Waals surface area contributed by atoms with Crippen LogP contribution < -0.4 is 0 Å². The van der Waals surface area contributed by atoms with Crippen LogP contribution in [0.1, 0.15) is 26.2 Å². The van der Waals surface area contributed by atoms with Gasteiger partial charge in [0.15, 0.2) is 0 Å². The fourth-order valence-electron chi connectivity index (χ4n) is 1.08. The molecular weight excluding hydrogens is 127 g/mol. The number of hydrogen-bond donors (Lipinski definition) is 0. The Kier molecular flexibility index (Phi) is 2.50. The van der Waals surface area contributed by atoms with Crippen molar-refractivity contribution in [2.24, 2.45) is 0 Å².